The van der Waals surface area contributed by atoms with Gasteiger partial charge in [0.1, 0.15) is 30.0 Å². The van der Waals surface area contributed by atoms with Gasteiger partial charge in [-0.15, -0.1) is 6.58 Å². The zero-order valence-electron chi connectivity index (χ0n) is 23.0. The van der Waals surface area contributed by atoms with E-state index in [0.29, 0.717) is 6.42 Å². The van der Waals surface area contributed by atoms with Crippen LogP contribution in [-0.2, 0) is 23.8 Å². The molecule has 0 bridgehead atoms. The molecule has 1 saturated heterocycles. The molecule has 7 N–H and O–H groups in total. The largest absolute Gasteiger partial charge is 0.478 e. The van der Waals surface area contributed by atoms with Gasteiger partial charge in [-0.2, -0.15) is 4.57 Å². The molecule has 3 rings (SSSR count). The Morgan fingerprint density at radius 3 is 2.31 bits per heavy atom. The van der Waals surface area contributed by atoms with Crippen LogP contribution in [0, 0.1) is 17.8 Å². The quantitative estimate of drug-likeness (QED) is 0.124. The second-order valence-electron chi connectivity index (χ2n) is 10.2. The number of pyridine rings is 1. The first-order valence-corrected chi connectivity index (χ1v) is 13.2. The highest BCUT2D eigenvalue weighted by atomic mass is 16.8. The summed E-state index contributed by atoms with van der Waals surface area (Å²) in [6.07, 6.45) is -0.863. The fourth-order valence-corrected chi connectivity index (χ4v) is 4.90. The second kappa shape index (κ2) is 14.0. The van der Waals surface area contributed by atoms with E-state index in [-0.39, 0.29) is 22.6 Å². The molecule has 0 amide bonds. The van der Waals surface area contributed by atoms with E-state index in [0.717, 1.165) is 6.26 Å². The minimum absolute atomic E-state index is 0.184. The number of nitrogens with zero attached hydrogens (tertiary/aromatic N) is 1. The van der Waals surface area contributed by atoms with E-state index in [9.17, 15) is 50.1 Å². The molecule has 14 heteroatoms. The van der Waals surface area contributed by atoms with Crippen LogP contribution in [0.3, 0.4) is 0 Å². The number of carbonyl (C=O) groups is 3. The van der Waals surface area contributed by atoms with Crippen LogP contribution in [0.2, 0.25) is 0 Å². The summed E-state index contributed by atoms with van der Waals surface area (Å²) in [5, 5.41) is 69.2. The van der Waals surface area contributed by atoms with Gasteiger partial charge in [0.2, 0.25) is 6.29 Å². The summed E-state index contributed by atoms with van der Waals surface area (Å²) in [5.41, 5.74) is -0.123. The van der Waals surface area contributed by atoms with Crippen LogP contribution in [0.4, 0.5) is 0 Å². The number of aliphatic hydroxyl groups excluding tert-OH is 4. The van der Waals surface area contributed by atoms with Gasteiger partial charge < -0.3 is 50.0 Å². The summed E-state index contributed by atoms with van der Waals surface area (Å²) in [4.78, 5) is 35.9. The molecular formula is C28H36NO13+. The first kappa shape index (κ1) is 32.8. The molecule has 0 unspecified atom stereocenters. The summed E-state index contributed by atoms with van der Waals surface area (Å²) in [6.45, 7) is 6.58. The summed E-state index contributed by atoms with van der Waals surface area (Å²) >= 11 is 0. The van der Waals surface area contributed by atoms with Crippen LogP contribution in [-0.4, -0.2) is 97.3 Å². The molecule has 0 radical (unpaired) electrons. The molecule has 0 aromatic carbocycles. The fraction of sp³-hybridized carbons (Fsp3) is 0.500. The maximum Gasteiger partial charge on any atom is 0.373 e. The lowest BCUT2D eigenvalue weighted by atomic mass is 9.83. The molecule has 0 aliphatic carbocycles. The van der Waals surface area contributed by atoms with Gasteiger partial charge in [0.25, 0.3) is 6.04 Å². The molecule has 1 aromatic heterocycles. The van der Waals surface area contributed by atoms with Crippen LogP contribution in [0.15, 0.2) is 49.0 Å². The minimum Gasteiger partial charge on any atom is -0.478 e. The van der Waals surface area contributed by atoms with Crippen molar-refractivity contribution in [3.05, 3.63) is 60.2 Å². The third kappa shape index (κ3) is 7.03. The highest BCUT2D eigenvalue weighted by Gasteiger charge is 2.47. The van der Waals surface area contributed by atoms with Crippen molar-refractivity contribution in [3.63, 3.8) is 0 Å². The molecule has 1 fully saturated rings. The molecule has 10 atom stereocenters. The smallest absolute Gasteiger partial charge is 0.373 e. The fourth-order valence-electron chi connectivity index (χ4n) is 4.90. The third-order valence-corrected chi connectivity index (χ3v) is 7.46. The number of aromatic carboxylic acids is 1. The number of hydrogen-bond donors (Lipinski definition) is 7. The molecule has 3 heterocycles. The van der Waals surface area contributed by atoms with Crippen LogP contribution in [0.5, 0.6) is 0 Å². The average molecular weight is 595 g/mol. The average Bonchev–Trinajstić information content (AvgIpc) is 2.95. The van der Waals surface area contributed by atoms with Crippen molar-refractivity contribution in [1.29, 1.82) is 0 Å². The Morgan fingerprint density at radius 1 is 1.07 bits per heavy atom. The van der Waals surface area contributed by atoms with Gasteiger partial charge in [-0.3, -0.25) is 0 Å². The number of aromatic nitrogens is 1. The summed E-state index contributed by atoms with van der Waals surface area (Å²) in [6, 6.07) is 0.246. The van der Waals surface area contributed by atoms with E-state index in [1.165, 1.54) is 41.3 Å². The van der Waals surface area contributed by atoms with Gasteiger partial charge in [-0.1, -0.05) is 32.1 Å². The van der Waals surface area contributed by atoms with E-state index in [4.69, 9.17) is 14.2 Å². The van der Waals surface area contributed by atoms with Crippen molar-refractivity contribution in [1.82, 2.24) is 0 Å². The van der Waals surface area contributed by atoms with E-state index < -0.39 is 79.4 Å². The maximum atomic E-state index is 12.1. The van der Waals surface area contributed by atoms with Crippen LogP contribution in [0.1, 0.15) is 42.2 Å². The van der Waals surface area contributed by atoms with Gasteiger partial charge in [-0.25, -0.2) is 14.4 Å². The number of allylic oxidation sites excluding steroid dienone is 1. The number of aliphatic carboxylic acids is 2. The first-order chi connectivity index (χ1) is 19.8. The van der Waals surface area contributed by atoms with E-state index in [1.54, 1.807) is 6.92 Å². The van der Waals surface area contributed by atoms with Crippen molar-refractivity contribution in [2.75, 3.05) is 6.61 Å². The van der Waals surface area contributed by atoms with Gasteiger partial charge >= 0.3 is 17.9 Å². The lowest BCUT2D eigenvalue weighted by Crippen LogP contribution is -2.60. The van der Waals surface area contributed by atoms with Crippen LogP contribution < -0.4 is 4.57 Å². The number of hydrogen-bond acceptors (Lipinski definition) is 10. The van der Waals surface area contributed by atoms with Crippen molar-refractivity contribution in [2.45, 2.75) is 63.3 Å². The molecular weight excluding hydrogens is 558 g/mol. The lowest BCUT2D eigenvalue weighted by Gasteiger charge is -2.42. The van der Waals surface area contributed by atoms with E-state index in [1.807, 2.05) is 6.92 Å². The summed E-state index contributed by atoms with van der Waals surface area (Å²) in [7, 11) is 0. The zero-order chi connectivity index (χ0) is 31.3. The van der Waals surface area contributed by atoms with Crippen molar-refractivity contribution >= 4 is 24.0 Å². The van der Waals surface area contributed by atoms with Crippen LogP contribution >= 0.6 is 0 Å². The highest BCUT2D eigenvalue weighted by molar-refractivity contribution is 5.88. The second-order valence-corrected chi connectivity index (χ2v) is 10.2. The van der Waals surface area contributed by atoms with Gasteiger partial charge in [0, 0.05) is 17.4 Å². The molecule has 2 aliphatic heterocycles. The molecule has 14 nitrogen and oxygen atoms in total. The highest BCUT2D eigenvalue weighted by Crippen LogP contribution is 2.36. The van der Waals surface area contributed by atoms with E-state index >= 15 is 0 Å². The topological polar surface area (TPSA) is 224 Å². The van der Waals surface area contributed by atoms with Gasteiger partial charge in [0.05, 0.1) is 24.4 Å². The lowest BCUT2D eigenvalue weighted by molar-refractivity contribution is -0.717. The minimum atomic E-state index is -1.74. The standard InChI is InChI=1S/C28H35NO13/c1-4-13(3)20(26(38)39)29-9-14(8-15(10-29)24(34)35)6-7-17-16(5-2)27(40-12-18(17)25(36)37)42-28-23(33)22(32)21(31)19(11-30)41-28/h5-10,12-13,16-17,19-23,27-28,30-33H,2,4,11H2,1,3H3,(H2-,34,35,36,37,38,39)/p+1/b7-6+/t13-,16+,17-,19+,20-,21+,22-,23+,27-,28-/m0/s1. The SMILES string of the molecule is C=C[C@H]1[C@H](O[C@@H]2O[C@H](CO)[C@@H](O)[C@H](O)[C@H]2O)OC=C(C(=O)O)[C@H]1/C=C/c1cc(C(=O)O)c[n+]([C@H](C(=O)O)[C@@H](C)CC)c1. The molecule has 2 aliphatic rings. The van der Waals surface area contributed by atoms with Crippen molar-refractivity contribution < 1.29 is 68.9 Å². The number of aliphatic hydroxyl groups is 4. The number of carboxylic acid groups (broad SMARTS) is 3. The maximum absolute atomic E-state index is 12.1. The third-order valence-electron chi connectivity index (χ3n) is 7.46. The number of rotatable bonds is 12. The Kier molecular flexibility index (Phi) is 11.0. The van der Waals surface area contributed by atoms with E-state index in [2.05, 4.69) is 6.58 Å². The summed E-state index contributed by atoms with van der Waals surface area (Å²) < 4.78 is 17.9. The Bertz CT molecular complexity index is 1230. The molecule has 0 saturated carbocycles. The van der Waals surface area contributed by atoms with Gasteiger partial charge in [0.15, 0.2) is 18.7 Å². The number of ether oxygens (including phenoxy) is 3. The molecule has 42 heavy (non-hydrogen) atoms. The normalized spacial score (nSPS) is 31.0. The Balaban J connectivity index is 1.98. The Hall–Kier alpha value is -3.66. The predicted octanol–water partition coefficient (Wildman–Crippen LogP) is -0.0830. The van der Waals surface area contributed by atoms with Crippen molar-refractivity contribution in [2.24, 2.45) is 17.8 Å². The van der Waals surface area contributed by atoms with Gasteiger partial charge in [-0.05, 0) is 12.5 Å². The zero-order valence-corrected chi connectivity index (χ0v) is 23.0. The number of carboxylic acids is 3. The molecule has 0 spiro atoms. The molecule has 230 valence electrons. The first-order valence-electron chi connectivity index (χ1n) is 13.2. The summed E-state index contributed by atoms with van der Waals surface area (Å²) in [5.74, 6) is -6.01. The Morgan fingerprint density at radius 2 is 1.76 bits per heavy atom. The molecule has 1 aromatic rings. The van der Waals surface area contributed by atoms with Crippen molar-refractivity contribution in [3.8, 4) is 0 Å². The van der Waals surface area contributed by atoms with Crippen LogP contribution in [0.25, 0.3) is 6.08 Å². The Labute approximate surface area is 241 Å². The predicted molar refractivity (Wildman–Crippen MR) is 141 cm³/mol. The monoisotopic (exact) mass is 594 g/mol.